The molecule has 31 heavy (non-hydrogen) atoms. The molecule has 4 heterocycles. The van der Waals surface area contributed by atoms with Gasteiger partial charge in [0.25, 0.3) is 0 Å². The minimum absolute atomic E-state index is 0.116. The van der Waals surface area contributed by atoms with Crippen molar-refractivity contribution < 1.29 is 14.3 Å². The first-order valence-corrected chi connectivity index (χ1v) is 10.8. The normalized spacial score (nSPS) is 27.2. The number of allylic oxidation sites excluding steroid dienone is 1. The Balaban J connectivity index is 1.57. The van der Waals surface area contributed by atoms with Crippen molar-refractivity contribution in [1.29, 1.82) is 0 Å². The summed E-state index contributed by atoms with van der Waals surface area (Å²) in [5.41, 5.74) is 5.26. The van der Waals surface area contributed by atoms with Gasteiger partial charge in [-0.3, -0.25) is 9.88 Å². The lowest BCUT2D eigenvalue weighted by Gasteiger charge is -2.51. The van der Waals surface area contributed by atoms with Crippen molar-refractivity contribution in [2.24, 2.45) is 11.8 Å². The average Bonchev–Trinajstić information content (AvgIpc) is 3.37. The zero-order valence-electron chi connectivity index (χ0n) is 17.7. The molecule has 0 spiro atoms. The zero-order valence-corrected chi connectivity index (χ0v) is 17.7. The van der Waals surface area contributed by atoms with Crippen molar-refractivity contribution in [3.8, 4) is 5.75 Å². The number of piperidine rings is 3. The van der Waals surface area contributed by atoms with E-state index in [4.69, 9.17) is 9.47 Å². The highest BCUT2D eigenvalue weighted by Gasteiger charge is 2.44. The molecule has 3 saturated heterocycles. The van der Waals surface area contributed by atoms with Crippen LogP contribution in [-0.2, 0) is 9.53 Å². The van der Waals surface area contributed by atoms with Gasteiger partial charge < -0.3 is 9.47 Å². The van der Waals surface area contributed by atoms with Gasteiger partial charge in [0.15, 0.2) is 0 Å². The first kappa shape index (κ1) is 19.8. The van der Waals surface area contributed by atoms with E-state index in [1.54, 1.807) is 31.5 Å². The van der Waals surface area contributed by atoms with Crippen molar-refractivity contribution in [2.75, 3.05) is 20.2 Å². The zero-order chi connectivity index (χ0) is 21.4. The Morgan fingerprint density at radius 3 is 3.00 bits per heavy atom. The van der Waals surface area contributed by atoms with Crippen molar-refractivity contribution in [3.63, 3.8) is 0 Å². The van der Waals surface area contributed by atoms with Gasteiger partial charge in [0, 0.05) is 23.7 Å². The quantitative estimate of drug-likeness (QED) is 0.399. The molecule has 158 valence electrons. The number of fused-ring (bicyclic) bond motifs is 4. The van der Waals surface area contributed by atoms with Gasteiger partial charge in [-0.15, -0.1) is 12.3 Å². The second kappa shape index (κ2) is 8.18. The Morgan fingerprint density at radius 2 is 2.29 bits per heavy atom. The summed E-state index contributed by atoms with van der Waals surface area (Å²) in [6, 6.07) is 7.92. The lowest BCUT2D eigenvalue weighted by molar-refractivity contribution is -0.152. The summed E-state index contributed by atoms with van der Waals surface area (Å²) in [5, 5.41) is 0.953. The highest BCUT2D eigenvalue weighted by atomic mass is 16.5. The lowest BCUT2D eigenvalue weighted by atomic mass is 9.73. The maximum Gasteiger partial charge on any atom is 0.346 e. The third-order valence-corrected chi connectivity index (χ3v) is 6.84. The minimum Gasteiger partial charge on any atom is -0.497 e. The van der Waals surface area contributed by atoms with Gasteiger partial charge in [-0.1, -0.05) is 12.2 Å². The molecule has 0 radical (unpaired) electrons. The molecule has 5 heteroatoms. The van der Waals surface area contributed by atoms with Crippen LogP contribution in [0, 0.1) is 11.8 Å². The van der Waals surface area contributed by atoms with E-state index in [1.165, 1.54) is 0 Å². The van der Waals surface area contributed by atoms with E-state index in [0.29, 0.717) is 17.4 Å². The number of ether oxygens (including phenoxy) is 2. The molecule has 1 aliphatic carbocycles. The van der Waals surface area contributed by atoms with Gasteiger partial charge in [-0.2, -0.15) is 0 Å². The van der Waals surface area contributed by atoms with Crippen LogP contribution in [0.4, 0.5) is 0 Å². The van der Waals surface area contributed by atoms with E-state index in [1.807, 2.05) is 24.3 Å². The van der Waals surface area contributed by atoms with Crippen LogP contribution >= 0.6 is 0 Å². The molecule has 2 aromatic rings. The summed E-state index contributed by atoms with van der Waals surface area (Å²) in [6.07, 6.45) is 10.9. The van der Waals surface area contributed by atoms with Crippen LogP contribution in [0.25, 0.3) is 10.9 Å². The molecule has 3 fully saturated rings. The topological polar surface area (TPSA) is 51.7 Å². The van der Waals surface area contributed by atoms with Gasteiger partial charge in [0.05, 0.1) is 18.7 Å². The molecule has 3 aliphatic heterocycles. The SMILES string of the molecule is C=C[C@H]1CN2CC[C@H]1C[C@@H]2[C@H](OC(=O)C1=C=CC=C1)c1ccnc2ccc(OC)cc12. The second-order valence-electron chi connectivity index (χ2n) is 8.44. The van der Waals surface area contributed by atoms with E-state index in [-0.39, 0.29) is 12.0 Å². The summed E-state index contributed by atoms with van der Waals surface area (Å²) < 4.78 is 11.7. The van der Waals surface area contributed by atoms with E-state index in [0.717, 1.165) is 48.1 Å². The third-order valence-electron chi connectivity index (χ3n) is 6.84. The molecule has 2 bridgehead atoms. The molecule has 1 aromatic carbocycles. The van der Waals surface area contributed by atoms with E-state index < -0.39 is 6.10 Å². The van der Waals surface area contributed by atoms with Crippen LogP contribution < -0.4 is 4.74 Å². The fraction of sp³-hybridized carbons (Fsp3) is 0.346. The van der Waals surface area contributed by atoms with Crippen LogP contribution in [0.5, 0.6) is 5.75 Å². The van der Waals surface area contributed by atoms with E-state index in [9.17, 15) is 4.79 Å². The average molecular weight is 415 g/mol. The number of rotatable bonds is 6. The highest BCUT2D eigenvalue weighted by molar-refractivity contribution is 5.93. The molecule has 0 saturated carbocycles. The summed E-state index contributed by atoms with van der Waals surface area (Å²) in [7, 11) is 1.65. The number of nitrogens with zero attached hydrogens (tertiary/aromatic N) is 2. The van der Waals surface area contributed by atoms with Crippen molar-refractivity contribution >= 4 is 16.9 Å². The molecule has 1 unspecified atom stereocenters. The van der Waals surface area contributed by atoms with Crippen LogP contribution in [0.2, 0.25) is 0 Å². The molecule has 5 nitrogen and oxygen atoms in total. The van der Waals surface area contributed by atoms with Crippen molar-refractivity contribution in [1.82, 2.24) is 9.88 Å². The maximum absolute atomic E-state index is 13.0. The van der Waals surface area contributed by atoms with Crippen LogP contribution in [0.1, 0.15) is 24.5 Å². The molecule has 6 rings (SSSR count). The fourth-order valence-corrected chi connectivity index (χ4v) is 5.20. The number of hydrogen-bond donors (Lipinski definition) is 0. The van der Waals surface area contributed by atoms with Gasteiger partial charge in [0.1, 0.15) is 17.4 Å². The summed E-state index contributed by atoms with van der Waals surface area (Å²) in [6.45, 7) is 6.01. The number of carbonyl (C=O) groups is 1. The van der Waals surface area contributed by atoms with Crippen molar-refractivity contribution in [2.45, 2.75) is 25.0 Å². The summed E-state index contributed by atoms with van der Waals surface area (Å²) in [5.74, 6) is 1.49. The molecule has 4 aliphatic rings. The summed E-state index contributed by atoms with van der Waals surface area (Å²) >= 11 is 0. The number of carbonyl (C=O) groups excluding carboxylic acids is 1. The first-order chi connectivity index (χ1) is 15.2. The minimum atomic E-state index is -0.401. The standard InChI is InChI=1S/C26H26N2O3/c1-3-17-16-28-13-11-19(17)14-24(28)25(31-26(29)18-6-4-5-7-18)21-10-12-27-23-9-8-20(30-2)15-22(21)23/h3-6,8-10,12,15,17,19,24-25H,1,11,13-14,16H2,2H3/t17-,19-,24+,25+/m0/s1. The van der Waals surface area contributed by atoms with Gasteiger partial charge >= 0.3 is 5.97 Å². The lowest BCUT2D eigenvalue weighted by Crippen LogP contribution is -2.55. The van der Waals surface area contributed by atoms with Crippen LogP contribution in [-0.4, -0.2) is 42.1 Å². The van der Waals surface area contributed by atoms with E-state index >= 15 is 0 Å². The molecule has 0 amide bonds. The number of methoxy groups -OCH3 is 1. The number of aromatic nitrogens is 1. The molecular weight excluding hydrogens is 388 g/mol. The van der Waals surface area contributed by atoms with Crippen LogP contribution in [0.15, 0.2) is 72.6 Å². The molecule has 0 N–H and O–H groups in total. The Kier molecular flexibility index (Phi) is 5.23. The Bertz CT molecular complexity index is 1130. The maximum atomic E-state index is 13.0. The third kappa shape index (κ3) is 3.60. The van der Waals surface area contributed by atoms with E-state index in [2.05, 4.69) is 28.3 Å². The number of benzene rings is 1. The van der Waals surface area contributed by atoms with Gasteiger partial charge in [-0.25, -0.2) is 4.79 Å². The largest absolute Gasteiger partial charge is 0.497 e. The Labute approximate surface area is 182 Å². The molecule has 5 atom stereocenters. The Hall–Kier alpha value is -3.14. The number of pyridine rings is 1. The van der Waals surface area contributed by atoms with Crippen LogP contribution in [0.3, 0.4) is 0 Å². The van der Waals surface area contributed by atoms with Crippen molar-refractivity contribution in [3.05, 3.63) is 78.2 Å². The predicted molar refractivity (Wildman–Crippen MR) is 120 cm³/mol. The smallest absolute Gasteiger partial charge is 0.346 e. The molecular formula is C26H26N2O3. The molecule has 1 aromatic heterocycles. The fourth-order valence-electron chi connectivity index (χ4n) is 5.20. The predicted octanol–water partition coefficient (Wildman–Crippen LogP) is 4.38. The number of esters is 1. The highest BCUT2D eigenvalue weighted by Crippen LogP contribution is 2.44. The number of hydrogen-bond acceptors (Lipinski definition) is 5. The Morgan fingerprint density at radius 1 is 1.39 bits per heavy atom. The monoisotopic (exact) mass is 414 g/mol. The van der Waals surface area contributed by atoms with Gasteiger partial charge in [-0.05, 0) is 67.6 Å². The summed E-state index contributed by atoms with van der Waals surface area (Å²) in [4.78, 5) is 20.0. The first-order valence-electron chi connectivity index (χ1n) is 10.8. The van der Waals surface area contributed by atoms with Gasteiger partial charge in [0.2, 0.25) is 0 Å². The second-order valence-corrected chi connectivity index (χ2v) is 8.44.